The number of amides is 1. The van der Waals surface area contributed by atoms with Crippen molar-refractivity contribution in [3.05, 3.63) is 35.8 Å². The van der Waals surface area contributed by atoms with Gasteiger partial charge in [0.2, 0.25) is 0 Å². The van der Waals surface area contributed by atoms with Gasteiger partial charge in [0.1, 0.15) is 11.5 Å². The Morgan fingerprint density at radius 2 is 2.17 bits per heavy atom. The number of aryl methyl sites for hydroxylation is 1. The van der Waals surface area contributed by atoms with Gasteiger partial charge in [-0.2, -0.15) is 5.10 Å². The van der Waals surface area contributed by atoms with Crippen molar-refractivity contribution in [2.24, 2.45) is 0 Å². The minimum absolute atomic E-state index is 0.162. The minimum Gasteiger partial charge on any atom is -0.357 e. The predicted octanol–water partition coefficient (Wildman–Crippen LogP) is 2.53. The number of carbonyl (C=O) groups is 1. The molecular formula is C13H18N4O. The predicted molar refractivity (Wildman–Crippen MR) is 70.7 cm³/mol. The molecule has 5 heteroatoms. The first kappa shape index (κ1) is 12.4. The van der Waals surface area contributed by atoms with Crippen LogP contribution >= 0.6 is 0 Å². The summed E-state index contributed by atoms with van der Waals surface area (Å²) < 4.78 is 1.82. The Hall–Kier alpha value is -2.04. The maximum Gasteiger partial charge on any atom is 0.273 e. The number of hydrogen-bond acceptors (Lipinski definition) is 2. The Labute approximate surface area is 106 Å². The monoisotopic (exact) mass is 246 g/mol. The molecular weight excluding hydrogens is 228 g/mol. The standard InChI is InChI=1S/C13H18N4O/c1-9-8-11(17(16-9)13(2,3)4)15-12(18)10-6-5-7-14-10/h5-8,14H,1-4H3,(H,15,18). The minimum atomic E-state index is -0.174. The molecule has 0 aliphatic heterocycles. The van der Waals surface area contributed by atoms with Crippen LogP contribution in [0.1, 0.15) is 37.0 Å². The quantitative estimate of drug-likeness (QED) is 0.855. The molecule has 0 atom stereocenters. The molecule has 2 aromatic heterocycles. The van der Waals surface area contributed by atoms with Crippen molar-refractivity contribution in [2.75, 3.05) is 5.32 Å². The lowest BCUT2D eigenvalue weighted by Crippen LogP contribution is -2.26. The third kappa shape index (κ3) is 2.45. The molecule has 1 amide bonds. The molecule has 0 radical (unpaired) electrons. The van der Waals surface area contributed by atoms with Crippen LogP contribution in [0.5, 0.6) is 0 Å². The van der Waals surface area contributed by atoms with E-state index in [-0.39, 0.29) is 11.4 Å². The fraction of sp³-hybridized carbons (Fsp3) is 0.385. The first-order valence-corrected chi connectivity index (χ1v) is 5.90. The van der Waals surface area contributed by atoms with Gasteiger partial charge in [-0.3, -0.25) is 4.79 Å². The summed E-state index contributed by atoms with van der Waals surface area (Å²) >= 11 is 0. The highest BCUT2D eigenvalue weighted by atomic mass is 16.2. The first-order chi connectivity index (χ1) is 8.38. The Morgan fingerprint density at radius 3 is 2.72 bits per heavy atom. The molecule has 0 aliphatic carbocycles. The summed E-state index contributed by atoms with van der Waals surface area (Å²) in [7, 11) is 0. The average molecular weight is 246 g/mol. The number of hydrogen-bond donors (Lipinski definition) is 2. The molecule has 0 aromatic carbocycles. The summed E-state index contributed by atoms with van der Waals surface area (Å²) in [6.07, 6.45) is 1.72. The fourth-order valence-corrected chi connectivity index (χ4v) is 1.76. The largest absolute Gasteiger partial charge is 0.357 e. The molecule has 0 bridgehead atoms. The van der Waals surface area contributed by atoms with Crippen LogP contribution in [0.4, 0.5) is 5.82 Å². The zero-order valence-corrected chi connectivity index (χ0v) is 11.1. The van der Waals surface area contributed by atoms with Crippen molar-refractivity contribution >= 4 is 11.7 Å². The zero-order valence-electron chi connectivity index (χ0n) is 11.1. The second-order valence-electron chi connectivity index (χ2n) is 5.29. The fourth-order valence-electron chi connectivity index (χ4n) is 1.76. The SMILES string of the molecule is Cc1cc(NC(=O)c2ccc[nH]2)n(C(C)(C)C)n1. The lowest BCUT2D eigenvalue weighted by Gasteiger charge is -2.22. The number of aromatic amines is 1. The summed E-state index contributed by atoms with van der Waals surface area (Å²) in [5, 5.41) is 7.28. The van der Waals surface area contributed by atoms with Crippen LogP contribution < -0.4 is 5.32 Å². The highest BCUT2D eigenvalue weighted by Crippen LogP contribution is 2.21. The Balaban J connectivity index is 2.27. The number of anilines is 1. The zero-order chi connectivity index (χ0) is 13.3. The van der Waals surface area contributed by atoms with Gasteiger partial charge in [0.25, 0.3) is 5.91 Å². The van der Waals surface area contributed by atoms with Gasteiger partial charge in [0.05, 0.1) is 11.2 Å². The molecule has 0 unspecified atom stereocenters. The number of carbonyl (C=O) groups excluding carboxylic acids is 1. The molecule has 2 heterocycles. The van der Waals surface area contributed by atoms with Crippen LogP contribution in [-0.4, -0.2) is 20.7 Å². The van der Waals surface area contributed by atoms with E-state index < -0.39 is 0 Å². The topological polar surface area (TPSA) is 62.7 Å². The van der Waals surface area contributed by atoms with Gasteiger partial charge in [0, 0.05) is 12.3 Å². The molecule has 0 fully saturated rings. The molecule has 5 nitrogen and oxygen atoms in total. The number of nitrogens with one attached hydrogen (secondary N) is 2. The van der Waals surface area contributed by atoms with E-state index in [1.165, 1.54) is 0 Å². The molecule has 2 N–H and O–H groups in total. The summed E-state index contributed by atoms with van der Waals surface area (Å²) in [6, 6.07) is 5.40. The molecule has 2 rings (SSSR count). The maximum absolute atomic E-state index is 12.0. The second-order valence-corrected chi connectivity index (χ2v) is 5.29. The van der Waals surface area contributed by atoms with Gasteiger partial charge >= 0.3 is 0 Å². The Bertz CT molecular complexity index is 546. The summed E-state index contributed by atoms with van der Waals surface area (Å²) in [4.78, 5) is 14.9. The lowest BCUT2D eigenvalue weighted by molar-refractivity contribution is 0.102. The van der Waals surface area contributed by atoms with Gasteiger partial charge in [-0.15, -0.1) is 0 Å². The van der Waals surface area contributed by atoms with Gasteiger partial charge in [0.15, 0.2) is 0 Å². The molecule has 0 saturated heterocycles. The maximum atomic E-state index is 12.0. The molecule has 18 heavy (non-hydrogen) atoms. The van der Waals surface area contributed by atoms with Crippen molar-refractivity contribution in [3.8, 4) is 0 Å². The first-order valence-electron chi connectivity index (χ1n) is 5.90. The highest BCUT2D eigenvalue weighted by Gasteiger charge is 2.20. The van der Waals surface area contributed by atoms with E-state index in [4.69, 9.17) is 0 Å². The van der Waals surface area contributed by atoms with Gasteiger partial charge in [-0.05, 0) is 39.8 Å². The van der Waals surface area contributed by atoms with Gasteiger partial charge in [-0.25, -0.2) is 4.68 Å². The smallest absolute Gasteiger partial charge is 0.273 e. The van der Waals surface area contributed by atoms with Crippen LogP contribution in [0.15, 0.2) is 24.4 Å². The van der Waals surface area contributed by atoms with Crippen LogP contribution in [0.2, 0.25) is 0 Å². The molecule has 0 saturated carbocycles. The van der Waals surface area contributed by atoms with Crippen molar-refractivity contribution in [2.45, 2.75) is 33.2 Å². The van der Waals surface area contributed by atoms with E-state index in [9.17, 15) is 4.79 Å². The summed E-state index contributed by atoms with van der Waals surface area (Å²) in [6.45, 7) is 8.05. The van der Waals surface area contributed by atoms with Crippen molar-refractivity contribution in [1.82, 2.24) is 14.8 Å². The van der Waals surface area contributed by atoms with Crippen molar-refractivity contribution < 1.29 is 4.79 Å². The van der Waals surface area contributed by atoms with Crippen LogP contribution in [-0.2, 0) is 5.54 Å². The van der Waals surface area contributed by atoms with Crippen molar-refractivity contribution in [3.63, 3.8) is 0 Å². The Kier molecular flexibility index (Phi) is 2.98. The lowest BCUT2D eigenvalue weighted by atomic mass is 10.1. The second kappa shape index (κ2) is 4.33. The molecule has 96 valence electrons. The van der Waals surface area contributed by atoms with E-state index in [1.807, 2.05) is 38.4 Å². The van der Waals surface area contributed by atoms with Crippen LogP contribution in [0.25, 0.3) is 0 Å². The summed E-state index contributed by atoms with van der Waals surface area (Å²) in [5.41, 5.74) is 1.24. The Morgan fingerprint density at radius 1 is 1.44 bits per heavy atom. The number of aromatic nitrogens is 3. The van der Waals surface area contributed by atoms with Crippen LogP contribution in [0, 0.1) is 6.92 Å². The highest BCUT2D eigenvalue weighted by molar-refractivity contribution is 6.02. The van der Waals surface area contributed by atoms with E-state index in [1.54, 1.807) is 18.3 Å². The number of nitrogens with zero attached hydrogens (tertiary/aromatic N) is 2. The van der Waals surface area contributed by atoms with E-state index >= 15 is 0 Å². The third-order valence-corrected chi connectivity index (χ3v) is 2.55. The average Bonchev–Trinajstić information content (AvgIpc) is 2.85. The van der Waals surface area contributed by atoms with E-state index in [0.717, 1.165) is 5.69 Å². The van der Waals surface area contributed by atoms with Gasteiger partial charge < -0.3 is 10.3 Å². The van der Waals surface area contributed by atoms with E-state index in [0.29, 0.717) is 11.5 Å². The van der Waals surface area contributed by atoms with E-state index in [2.05, 4.69) is 15.4 Å². The van der Waals surface area contributed by atoms with Crippen LogP contribution in [0.3, 0.4) is 0 Å². The molecule has 0 spiro atoms. The number of rotatable bonds is 2. The number of H-pyrrole nitrogens is 1. The summed E-state index contributed by atoms with van der Waals surface area (Å²) in [5.74, 6) is 0.546. The third-order valence-electron chi connectivity index (χ3n) is 2.55. The molecule has 2 aromatic rings. The van der Waals surface area contributed by atoms with Gasteiger partial charge in [-0.1, -0.05) is 0 Å². The molecule has 0 aliphatic rings. The van der Waals surface area contributed by atoms with Crippen molar-refractivity contribution in [1.29, 1.82) is 0 Å². The normalized spacial score (nSPS) is 11.6.